The Hall–Kier alpha value is -0.610. The van der Waals surface area contributed by atoms with Crippen LogP contribution in [0.25, 0.3) is 0 Å². The average Bonchev–Trinajstić information content (AvgIpc) is 2.77. The van der Waals surface area contributed by atoms with Gasteiger partial charge in [0.2, 0.25) is 0 Å². The van der Waals surface area contributed by atoms with E-state index in [9.17, 15) is 4.39 Å². The van der Waals surface area contributed by atoms with Gasteiger partial charge < -0.3 is 10.1 Å². The molecule has 0 radical (unpaired) electrons. The van der Waals surface area contributed by atoms with E-state index in [-0.39, 0.29) is 0 Å². The second-order valence-corrected chi connectivity index (χ2v) is 6.14. The zero-order valence-electron chi connectivity index (χ0n) is 10.3. The molecule has 0 bridgehead atoms. The topological polar surface area (TPSA) is 21.3 Å². The van der Waals surface area contributed by atoms with Gasteiger partial charge in [0.05, 0.1) is 6.61 Å². The van der Waals surface area contributed by atoms with Crippen LogP contribution < -0.4 is 10.1 Å². The number of hydrogen-bond donors (Lipinski definition) is 1. The molecular formula is C14H17BrFNO. The Bertz CT molecular complexity index is 457. The van der Waals surface area contributed by atoms with Gasteiger partial charge in [-0.15, -0.1) is 0 Å². The van der Waals surface area contributed by atoms with E-state index >= 15 is 0 Å². The largest absolute Gasteiger partial charge is 0.493 e. The highest BCUT2D eigenvalue weighted by atomic mass is 79.9. The Kier molecular flexibility index (Phi) is 3.32. The second kappa shape index (κ2) is 4.82. The number of hydrogen-bond acceptors (Lipinski definition) is 2. The number of benzene rings is 1. The maximum atomic E-state index is 14.7. The molecule has 4 heteroatoms. The minimum absolute atomic E-state index is 0.469. The Morgan fingerprint density at radius 3 is 2.89 bits per heavy atom. The molecular weight excluding hydrogens is 297 g/mol. The molecule has 0 unspecified atom stereocenters. The lowest BCUT2D eigenvalue weighted by Gasteiger charge is -2.30. The predicted octanol–water partition coefficient (Wildman–Crippen LogP) is 3.02. The molecule has 1 aromatic rings. The molecule has 2 aliphatic rings. The van der Waals surface area contributed by atoms with Crippen LogP contribution in [0.15, 0.2) is 16.6 Å². The van der Waals surface area contributed by atoms with E-state index in [1.807, 2.05) is 6.07 Å². The summed E-state index contributed by atoms with van der Waals surface area (Å²) in [6.07, 6.45) is 2.58. The van der Waals surface area contributed by atoms with Crippen molar-refractivity contribution in [3.63, 3.8) is 0 Å². The molecule has 0 aromatic heterocycles. The van der Waals surface area contributed by atoms with Crippen LogP contribution >= 0.6 is 15.9 Å². The molecule has 98 valence electrons. The molecule has 0 atom stereocenters. The Morgan fingerprint density at radius 2 is 2.11 bits per heavy atom. The summed E-state index contributed by atoms with van der Waals surface area (Å²) in [6.45, 7) is 2.26. The third-order valence-corrected chi connectivity index (χ3v) is 4.29. The second-order valence-electron chi connectivity index (χ2n) is 5.23. The van der Waals surface area contributed by atoms with Crippen molar-refractivity contribution < 1.29 is 9.13 Å². The average molecular weight is 314 g/mol. The summed E-state index contributed by atoms with van der Waals surface area (Å²) in [5, 5.41) is 3.21. The van der Waals surface area contributed by atoms with Crippen molar-refractivity contribution in [3.05, 3.63) is 27.7 Å². The van der Waals surface area contributed by atoms with Gasteiger partial charge in [0.1, 0.15) is 11.4 Å². The van der Waals surface area contributed by atoms with Crippen LogP contribution in [0.3, 0.4) is 0 Å². The lowest BCUT2D eigenvalue weighted by atomic mass is 9.87. The first kappa shape index (κ1) is 12.4. The number of piperidine rings is 1. The standard InChI is InChI=1S/C14H17BrFNO/c15-12-7-10-1-6-18-13(10)11(8-12)9-14(16)2-4-17-5-3-14/h7-8,17H,1-6,9H2. The van der Waals surface area contributed by atoms with E-state index in [1.54, 1.807) is 0 Å². The maximum absolute atomic E-state index is 14.7. The van der Waals surface area contributed by atoms with Crippen molar-refractivity contribution in [3.8, 4) is 5.75 Å². The molecule has 2 heterocycles. The normalized spacial score (nSPS) is 21.4. The van der Waals surface area contributed by atoms with E-state index in [4.69, 9.17) is 4.74 Å². The lowest BCUT2D eigenvalue weighted by Crippen LogP contribution is -2.40. The summed E-state index contributed by atoms with van der Waals surface area (Å²) in [5.41, 5.74) is 1.14. The highest BCUT2D eigenvalue weighted by molar-refractivity contribution is 9.10. The van der Waals surface area contributed by atoms with Crippen molar-refractivity contribution in [1.82, 2.24) is 5.32 Å². The summed E-state index contributed by atoms with van der Waals surface area (Å²) in [6, 6.07) is 4.09. The van der Waals surface area contributed by atoms with Crippen molar-refractivity contribution >= 4 is 15.9 Å². The molecule has 2 aliphatic heterocycles. The first-order valence-corrected chi connectivity index (χ1v) is 7.29. The number of alkyl halides is 1. The van der Waals surface area contributed by atoms with Gasteiger partial charge >= 0.3 is 0 Å². The van der Waals surface area contributed by atoms with E-state index in [0.717, 1.165) is 41.9 Å². The fourth-order valence-corrected chi connectivity index (χ4v) is 3.42. The third kappa shape index (κ3) is 2.41. The highest BCUT2D eigenvalue weighted by Gasteiger charge is 2.33. The zero-order valence-corrected chi connectivity index (χ0v) is 11.9. The molecule has 0 amide bonds. The minimum atomic E-state index is -1.08. The third-order valence-electron chi connectivity index (χ3n) is 3.83. The zero-order chi connectivity index (χ0) is 12.6. The molecule has 0 saturated carbocycles. The lowest BCUT2D eigenvalue weighted by molar-refractivity contribution is 0.115. The summed E-state index contributed by atoms with van der Waals surface area (Å²) < 4.78 is 21.4. The Labute approximate surface area is 115 Å². The first-order chi connectivity index (χ1) is 8.66. The molecule has 18 heavy (non-hydrogen) atoms. The SMILES string of the molecule is FC1(Cc2cc(Br)cc3c2OCC3)CCNCC1. The maximum Gasteiger partial charge on any atom is 0.126 e. The number of halogens is 2. The van der Waals surface area contributed by atoms with Crippen molar-refractivity contribution in [2.24, 2.45) is 0 Å². The molecule has 1 fully saturated rings. The van der Waals surface area contributed by atoms with Crippen LogP contribution in [-0.4, -0.2) is 25.4 Å². The predicted molar refractivity (Wildman–Crippen MR) is 73.0 cm³/mol. The number of nitrogens with one attached hydrogen (secondary N) is 1. The summed E-state index contributed by atoms with van der Waals surface area (Å²) in [7, 11) is 0. The fraction of sp³-hybridized carbons (Fsp3) is 0.571. The van der Waals surface area contributed by atoms with Crippen LogP contribution in [0, 0.1) is 0 Å². The van der Waals surface area contributed by atoms with E-state index in [1.165, 1.54) is 5.56 Å². The summed E-state index contributed by atoms with van der Waals surface area (Å²) >= 11 is 3.51. The van der Waals surface area contributed by atoms with Gasteiger partial charge in [0.25, 0.3) is 0 Å². The van der Waals surface area contributed by atoms with Crippen molar-refractivity contribution in [2.45, 2.75) is 31.4 Å². The van der Waals surface area contributed by atoms with Crippen LogP contribution in [-0.2, 0) is 12.8 Å². The Balaban J connectivity index is 1.88. The van der Waals surface area contributed by atoms with Crippen LogP contribution in [0.1, 0.15) is 24.0 Å². The Morgan fingerprint density at radius 1 is 1.33 bits per heavy atom. The molecule has 1 N–H and O–H groups in total. The van der Waals surface area contributed by atoms with Crippen LogP contribution in [0.2, 0.25) is 0 Å². The van der Waals surface area contributed by atoms with Gasteiger partial charge in [-0.25, -0.2) is 4.39 Å². The smallest absolute Gasteiger partial charge is 0.126 e. The molecule has 0 spiro atoms. The van der Waals surface area contributed by atoms with E-state index in [2.05, 4.69) is 27.3 Å². The minimum Gasteiger partial charge on any atom is -0.493 e. The number of ether oxygens (including phenoxy) is 1. The number of fused-ring (bicyclic) bond motifs is 1. The summed E-state index contributed by atoms with van der Waals surface area (Å²) in [5.74, 6) is 0.925. The van der Waals surface area contributed by atoms with Gasteiger partial charge in [-0.1, -0.05) is 15.9 Å². The van der Waals surface area contributed by atoms with Gasteiger partial charge in [-0.3, -0.25) is 0 Å². The first-order valence-electron chi connectivity index (χ1n) is 6.50. The molecule has 2 nitrogen and oxygen atoms in total. The van der Waals surface area contributed by atoms with E-state index in [0.29, 0.717) is 19.3 Å². The fourth-order valence-electron chi connectivity index (χ4n) is 2.87. The van der Waals surface area contributed by atoms with Gasteiger partial charge in [-0.2, -0.15) is 0 Å². The molecule has 3 rings (SSSR count). The molecule has 0 aliphatic carbocycles. The number of rotatable bonds is 2. The van der Waals surface area contributed by atoms with Crippen molar-refractivity contribution in [2.75, 3.05) is 19.7 Å². The molecule has 1 aromatic carbocycles. The monoisotopic (exact) mass is 313 g/mol. The van der Waals surface area contributed by atoms with Gasteiger partial charge in [-0.05, 0) is 49.2 Å². The quantitative estimate of drug-likeness (QED) is 0.906. The summed E-state index contributed by atoms with van der Waals surface area (Å²) in [4.78, 5) is 0. The van der Waals surface area contributed by atoms with Gasteiger partial charge in [0.15, 0.2) is 0 Å². The van der Waals surface area contributed by atoms with Gasteiger partial charge in [0, 0.05) is 17.3 Å². The van der Waals surface area contributed by atoms with Crippen LogP contribution in [0.4, 0.5) is 4.39 Å². The van der Waals surface area contributed by atoms with Crippen LogP contribution in [0.5, 0.6) is 5.75 Å². The highest BCUT2D eigenvalue weighted by Crippen LogP contribution is 2.37. The van der Waals surface area contributed by atoms with Crippen molar-refractivity contribution in [1.29, 1.82) is 0 Å². The van der Waals surface area contributed by atoms with E-state index < -0.39 is 5.67 Å². The molecule has 1 saturated heterocycles.